The van der Waals surface area contributed by atoms with Gasteiger partial charge >= 0.3 is 5.97 Å². The summed E-state index contributed by atoms with van der Waals surface area (Å²) in [6.07, 6.45) is 5.38. The zero-order valence-corrected chi connectivity index (χ0v) is 15.8. The smallest absolute Gasteiger partial charge is 0.352 e. The van der Waals surface area contributed by atoms with Crippen molar-refractivity contribution >= 4 is 51.0 Å². The molecule has 0 saturated heterocycles. The Kier molecular flexibility index (Phi) is 3.75. The van der Waals surface area contributed by atoms with Crippen molar-refractivity contribution in [2.24, 2.45) is 0 Å². The molecule has 0 spiro atoms. The number of rotatable bonds is 3. The van der Waals surface area contributed by atoms with E-state index in [2.05, 4.69) is 15.0 Å². The second-order valence-corrected chi connectivity index (χ2v) is 7.41. The summed E-state index contributed by atoms with van der Waals surface area (Å²) in [7, 11) is 0. The Morgan fingerprint density at radius 3 is 1.89 bits per heavy atom. The number of hydrogen-bond acceptors (Lipinski definition) is 1. The molecular weight excluding hydrogens is 397 g/mol. The van der Waals surface area contributed by atoms with Gasteiger partial charge in [-0.25, -0.2) is 4.79 Å². The Bertz CT molecular complexity index is 1380. The molecule has 0 fully saturated rings. The Hall–Kier alpha value is -3.15. The molecule has 5 rings (SSSR count). The number of fused-ring (bicyclic) bond motifs is 2. The van der Waals surface area contributed by atoms with Crippen LogP contribution >= 0.6 is 23.2 Å². The van der Waals surface area contributed by atoms with Crippen molar-refractivity contribution in [1.29, 1.82) is 0 Å². The third-order valence-corrected chi connectivity index (χ3v) is 5.41. The van der Waals surface area contributed by atoms with E-state index in [1.54, 1.807) is 12.3 Å². The Balaban J connectivity index is 1.84. The molecule has 0 atom stereocenters. The van der Waals surface area contributed by atoms with Crippen LogP contribution < -0.4 is 0 Å². The summed E-state index contributed by atoms with van der Waals surface area (Å²) >= 11 is 12.4. The molecule has 0 aliphatic rings. The van der Waals surface area contributed by atoms with Crippen LogP contribution in [0, 0.1) is 0 Å². The molecule has 3 heterocycles. The van der Waals surface area contributed by atoms with E-state index in [4.69, 9.17) is 23.2 Å². The summed E-state index contributed by atoms with van der Waals surface area (Å²) in [5.74, 6) is -1.03. The number of benzene rings is 2. The first-order chi connectivity index (χ1) is 13.5. The summed E-state index contributed by atoms with van der Waals surface area (Å²) in [4.78, 5) is 21.3. The van der Waals surface area contributed by atoms with Gasteiger partial charge in [-0.05, 0) is 36.4 Å². The van der Waals surface area contributed by atoms with Gasteiger partial charge < -0.3 is 20.1 Å². The SMILES string of the molecule is O=C(O)c1[nH]cc(-c2c[nH]c3ccc(Cl)cc23)c1-c1c[nH]c2ccc(Cl)cc12. The molecular formula is C21H13Cl2N3O2. The van der Waals surface area contributed by atoms with Gasteiger partial charge in [0, 0.05) is 72.7 Å². The van der Waals surface area contributed by atoms with Crippen LogP contribution in [0.2, 0.25) is 10.0 Å². The molecule has 0 saturated carbocycles. The van der Waals surface area contributed by atoms with Crippen LogP contribution in [0.3, 0.4) is 0 Å². The standard InChI is InChI=1S/C21H13Cl2N3O2/c22-10-1-3-17-12(5-10)14(7-24-17)16-9-26-20(21(27)28)19(16)15-8-25-18-4-2-11(23)6-13(15)18/h1-9,24-26H,(H,27,28). The van der Waals surface area contributed by atoms with Gasteiger partial charge in [-0.1, -0.05) is 23.2 Å². The van der Waals surface area contributed by atoms with Crippen molar-refractivity contribution in [1.82, 2.24) is 15.0 Å². The summed E-state index contributed by atoms with van der Waals surface area (Å²) in [6.45, 7) is 0. The Morgan fingerprint density at radius 1 is 0.750 bits per heavy atom. The highest BCUT2D eigenvalue weighted by Gasteiger charge is 2.23. The normalized spacial score (nSPS) is 11.5. The minimum absolute atomic E-state index is 0.118. The molecule has 4 N–H and O–H groups in total. The van der Waals surface area contributed by atoms with Gasteiger partial charge in [0.1, 0.15) is 5.69 Å². The molecule has 5 nitrogen and oxygen atoms in total. The topological polar surface area (TPSA) is 84.7 Å². The zero-order chi connectivity index (χ0) is 19.4. The molecule has 5 aromatic rings. The number of nitrogens with one attached hydrogen (secondary N) is 3. The average molecular weight is 410 g/mol. The number of carbonyl (C=O) groups is 1. The van der Waals surface area contributed by atoms with Crippen molar-refractivity contribution in [3.05, 3.63) is 70.7 Å². The fourth-order valence-corrected chi connectivity index (χ4v) is 4.04. The van der Waals surface area contributed by atoms with Crippen LogP contribution in [0.4, 0.5) is 0 Å². The number of carboxylic acids is 1. The molecule has 7 heteroatoms. The number of carboxylic acid groups (broad SMARTS) is 1. The molecule has 0 bridgehead atoms. The first-order valence-electron chi connectivity index (χ1n) is 8.51. The van der Waals surface area contributed by atoms with Crippen LogP contribution in [-0.4, -0.2) is 26.0 Å². The van der Waals surface area contributed by atoms with Crippen molar-refractivity contribution in [2.45, 2.75) is 0 Å². The van der Waals surface area contributed by atoms with Gasteiger partial charge in [-0.2, -0.15) is 0 Å². The number of aromatic carboxylic acids is 1. The maximum atomic E-state index is 11.9. The van der Waals surface area contributed by atoms with Crippen LogP contribution in [0.25, 0.3) is 44.1 Å². The molecule has 0 radical (unpaired) electrons. The highest BCUT2D eigenvalue weighted by atomic mass is 35.5. The Labute approximate surface area is 168 Å². The number of aromatic nitrogens is 3. The first kappa shape index (κ1) is 17.0. The Morgan fingerprint density at radius 2 is 1.29 bits per heavy atom. The van der Waals surface area contributed by atoms with Gasteiger partial charge in [-0.3, -0.25) is 0 Å². The van der Waals surface area contributed by atoms with E-state index >= 15 is 0 Å². The average Bonchev–Trinajstić information content (AvgIpc) is 3.36. The third kappa shape index (κ3) is 2.52. The van der Waals surface area contributed by atoms with Crippen molar-refractivity contribution in [3.8, 4) is 22.3 Å². The van der Waals surface area contributed by atoms with Crippen molar-refractivity contribution in [2.75, 3.05) is 0 Å². The van der Waals surface area contributed by atoms with Gasteiger partial charge in [0.05, 0.1) is 0 Å². The lowest BCUT2D eigenvalue weighted by Crippen LogP contribution is -1.98. The number of aromatic amines is 3. The fraction of sp³-hybridized carbons (Fsp3) is 0. The van der Waals surface area contributed by atoms with Gasteiger partial charge in [0.2, 0.25) is 0 Å². The van der Waals surface area contributed by atoms with E-state index in [0.717, 1.165) is 38.5 Å². The summed E-state index contributed by atoms with van der Waals surface area (Å²) in [5, 5.41) is 12.7. The molecule has 0 amide bonds. The lowest BCUT2D eigenvalue weighted by atomic mass is 9.96. The second kappa shape index (κ2) is 6.19. The van der Waals surface area contributed by atoms with Crippen LogP contribution in [0.15, 0.2) is 55.0 Å². The fourth-order valence-electron chi connectivity index (χ4n) is 3.70. The first-order valence-corrected chi connectivity index (χ1v) is 9.27. The predicted molar refractivity (Wildman–Crippen MR) is 112 cm³/mol. The second-order valence-electron chi connectivity index (χ2n) is 6.54. The zero-order valence-electron chi connectivity index (χ0n) is 14.3. The van der Waals surface area contributed by atoms with Crippen LogP contribution in [0.1, 0.15) is 10.5 Å². The molecule has 0 aliphatic carbocycles. The molecule has 2 aromatic carbocycles. The molecule has 0 unspecified atom stereocenters. The maximum absolute atomic E-state index is 11.9. The van der Waals surface area contributed by atoms with Crippen LogP contribution in [0.5, 0.6) is 0 Å². The minimum atomic E-state index is -1.03. The van der Waals surface area contributed by atoms with Crippen molar-refractivity contribution < 1.29 is 9.90 Å². The highest BCUT2D eigenvalue weighted by Crippen LogP contribution is 2.42. The predicted octanol–water partition coefficient (Wildman–Crippen LogP) is 6.32. The number of H-pyrrole nitrogens is 3. The summed E-state index contributed by atoms with van der Waals surface area (Å²) < 4.78 is 0. The van der Waals surface area contributed by atoms with E-state index in [-0.39, 0.29) is 5.69 Å². The van der Waals surface area contributed by atoms with Crippen molar-refractivity contribution in [3.63, 3.8) is 0 Å². The quantitative estimate of drug-likeness (QED) is 0.281. The van der Waals surface area contributed by atoms with Gasteiger partial charge in [0.25, 0.3) is 0 Å². The lowest BCUT2D eigenvalue weighted by Gasteiger charge is -2.05. The van der Waals surface area contributed by atoms with E-state index < -0.39 is 5.97 Å². The third-order valence-electron chi connectivity index (χ3n) is 4.94. The van der Waals surface area contributed by atoms with E-state index in [1.807, 2.05) is 42.7 Å². The summed E-state index contributed by atoms with van der Waals surface area (Å²) in [6, 6.07) is 11.1. The summed E-state index contributed by atoms with van der Waals surface area (Å²) in [5.41, 5.74) is 4.92. The minimum Gasteiger partial charge on any atom is -0.477 e. The molecule has 3 aromatic heterocycles. The molecule has 138 valence electrons. The van der Waals surface area contributed by atoms with E-state index in [9.17, 15) is 9.90 Å². The van der Waals surface area contributed by atoms with Gasteiger partial charge in [-0.15, -0.1) is 0 Å². The van der Waals surface area contributed by atoms with E-state index in [1.165, 1.54) is 0 Å². The number of halogens is 2. The van der Waals surface area contributed by atoms with E-state index in [0.29, 0.717) is 15.6 Å². The van der Waals surface area contributed by atoms with Gasteiger partial charge in [0.15, 0.2) is 0 Å². The molecule has 0 aliphatic heterocycles. The van der Waals surface area contributed by atoms with Crippen LogP contribution in [-0.2, 0) is 0 Å². The number of hydrogen-bond donors (Lipinski definition) is 4. The maximum Gasteiger partial charge on any atom is 0.352 e. The highest BCUT2D eigenvalue weighted by molar-refractivity contribution is 6.32. The largest absolute Gasteiger partial charge is 0.477 e. The molecule has 28 heavy (non-hydrogen) atoms. The lowest BCUT2D eigenvalue weighted by molar-refractivity contribution is 0.0692. The monoisotopic (exact) mass is 409 g/mol.